The smallest absolute Gasteiger partial charge is 0.231 e. The van der Waals surface area contributed by atoms with E-state index in [0.717, 1.165) is 30.4 Å². The number of ether oxygens (including phenoxy) is 2. The van der Waals surface area contributed by atoms with Gasteiger partial charge in [0.2, 0.25) is 6.79 Å². The number of aliphatic hydroxyl groups is 1. The molecule has 0 amide bonds. The van der Waals surface area contributed by atoms with E-state index in [9.17, 15) is 5.11 Å². The molecule has 1 aromatic carbocycles. The normalized spacial score (nSPS) is 19.9. The van der Waals surface area contributed by atoms with Crippen molar-refractivity contribution in [2.45, 2.75) is 31.8 Å². The zero-order valence-corrected chi connectivity index (χ0v) is 9.80. The molecule has 1 fully saturated rings. The number of rotatable bonds is 2. The first-order valence-electron chi connectivity index (χ1n) is 5.49. The largest absolute Gasteiger partial charge is 0.453 e. The van der Waals surface area contributed by atoms with Crippen LogP contribution in [0.4, 0.5) is 0 Å². The van der Waals surface area contributed by atoms with E-state index in [4.69, 9.17) is 21.1 Å². The molecule has 3 rings (SSSR count). The number of halogens is 1. The molecule has 0 unspecified atom stereocenters. The summed E-state index contributed by atoms with van der Waals surface area (Å²) in [7, 11) is 0. The molecule has 2 aliphatic rings. The monoisotopic (exact) mass is 240 g/mol. The predicted molar refractivity (Wildman–Crippen MR) is 60.1 cm³/mol. The molecule has 16 heavy (non-hydrogen) atoms. The van der Waals surface area contributed by atoms with Gasteiger partial charge in [-0.3, -0.25) is 0 Å². The molecule has 1 aromatic rings. The summed E-state index contributed by atoms with van der Waals surface area (Å²) < 4.78 is 10.8. The van der Waals surface area contributed by atoms with Gasteiger partial charge < -0.3 is 14.6 Å². The lowest BCUT2D eigenvalue weighted by Gasteiger charge is -2.16. The van der Waals surface area contributed by atoms with Gasteiger partial charge in [0.05, 0.1) is 10.6 Å². The van der Waals surface area contributed by atoms with Crippen molar-refractivity contribution in [3.05, 3.63) is 22.2 Å². The number of hydrogen-bond donors (Lipinski definition) is 1. The van der Waals surface area contributed by atoms with Gasteiger partial charge in [-0.25, -0.2) is 0 Å². The second-order valence-electron chi connectivity index (χ2n) is 4.33. The van der Waals surface area contributed by atoms with Crippen LogP contribution in [0.25, 0.3) is 0 Å². The Morgan fingerprint density at radius 2 is 2.06 bits per heavy atom. The molecule has 0 saturated heterocycles. The van der Waals surface area contributed by atoms with Gasteiger partial charge in [0.25, 0.3) is 0 Å². The van der Waals surface area contributed by atoms with Gasteiger partial charge in [0.15, 0.2) is 11.5 Å². The van der Waals surface area contributed by atoms with Crippen molar-refractivity contribution in [2.75, 3.05) is 6.79 Å². The fourth-order valence-electron chi connectivity index (χ4n) is 2.24. The lowest BCUT2D eigenvalue weighted by molar-refractivity contribution is 0.149. The van der Waals surface area contributed by atoms with Crippen molar-refractivity contribution >= 4 is 11.6 Å². The van der Waals surface area contributed by atoms with E-state index in [1.165, 1.54) is 0 Å². The van der Waals surface area contributed by atoms with E-state index < -0.39 is 5.60 Å². The van der Waals surface area contributed by atoms with Crippen LogP contribution in [-0.2, 0) is 12.0 Å². The molecule has 0 bridgehead atoms. The van der Waals surface area contributed by atoms with Crippen molar-refractivity contribution in [3.63, 3.8) is 0 Å². The Labute approximate surface area is 98.9 Å². The van der Waals surface area contributed by atoms with Crippen molar-refractivity contribution in [1.82, 2.24) is 0 Å². The van der Waals surface area contributed by atoms with Gasteiger partial charge in [-0.15, -0.1) is 0 Å². The first-order valence-corrected chi connectivity index (χ1v) is 5.87. The Balaban J connectivity index is 2.22. The van der Waals surface area contributed by atoms with Gasteiger partial charge in [-0.2, -0.15) is 0 Å². The van der Waals surface area contributed by atoms with Crippen LogP contribution in [0.1, 0.15) is 30.9 Å². The van der Waals surface area contributed by atoms with Crippen LogP contribution in [-0.4, -0.2) is 11.9 Å². The van der Waals surface area contributed by atoms with Crippen molar-refractivity contribution in [2.24, 2.45) is 0 Å². The van der Waals surface area contributed by atoms with E-state index in [2.05, 4.69) is 0 Å². The van der Waals surface area contributed by atoms with Gasteiger partial charge in [0.1, 0.15) is 0 Å². The van der Waals surface area contributed by atoms with E-state index in [0.29, 0.717) is 16.5 Å². The molecule has 1 heterocycles. The topological polar surface area (TPSA) is 38.7 Å². The predicted octanol–water partition coefficient (Wildman–Crippen LogP) is 2.61. The second kappa shape index (κ2) is 3.28. The Morgan fingerprint density at radius 1 is 1.38 bits per heavy atom. The quantitative estimate of drug-likeness (QED) is 0.864. The van der Waals surface area contributed by atoms with Crippen molar-refractivity contribution < 1.29 is 14.6 Å². The third-order valence-corrected chi connectivity index (χ3v) is 3.56. The molecule has 3 nitrogen and oxygen atoms in total. The number of hydrogen-bond acceptors (Lipinski definition) is 3. The minimum atomic E-state index is -0.685. The highest BCUT2D eigenvalue weighted by atomic mass is 35.5. The molecule has 86 valence electrons. The van der Waals surface area contributed by atoms with Crippen LogP contribution in [0.15, 0.2) is 6.07 Å². The highest BCUT2D eigenvalue weighted by molar-refractivity contribution is 6.32. The zero-order chi connectivity index (χ0) is 11.3. The first-order chi connectivity index (χ1) is 7.65. The Morgan fingerprint density at radius 3 is 2.69 bits per heavy atom. The van der Waals surface area contributed by atoms with Crippen LogP contribution >= 0.6 is 11.6 Å². The number of benzene rings is 1. The maximum Gasteiger partial charge on any atom is 0.231 e. The minimum Gasteiger partial charge on any atom is -0.453 e. The third-order valence-electron chi connectivity index (χ3n) is 3.28. The molecule has 0 aromatic heterocycles. The fourth-order valence-corrected chi connectivity index (χ4v) is 2.49. The maximum atomic E-state index is 10.2. The van der Waals surface area contributed by atoms with Crippen LogP contribution in [0.5, 0.6) is 11.5 Å². The molecule has 4 heteroatoms. The second-order valence-corrected chi connectivity index (χ2v) is 4.74. The summed E-state index contributed by atoms with van der Waals surface area (Å²) in [6.45, 7) is 2.25. The summed E-state index contributed by atoms with van der Waals surface area (Å²) in [6, 6.07) is 1.82. The lowest BCUT2D eigenvalue weighted by atomic mass is 9.97. The highest BCUT2D eigenvalue weighted by Gasteiger charge is 2.45. The molecule has 0 radical (unpaired) electrons. The van der Waals surface area contributed by atoms with Crippen LogP contribution in [0.2, 0.25) is 5.02 Å². The Bertz CT molecular complexity index is 452. The molecule has 1 aliphatic carbocycles. The summed E-state index contributed by atoms with van der Waals surface area (Å²) in [4.78, 5) is 0. The fraction of sp³-hybridized carbons (Fsp3) is 0.500. The first kappa shape index (κ1) is 10.2. The molecular formula is C12H13ClO3. The van der Waals surface area contributed by atoms with Gasteiger partial charge in [-0.05, 0) is 30.9 Å². The Kier molecular flexibility index (Phi) is 2.10. The van der Waals surface area contributed by atoms with Gasteiger partial charge >= 0.3 is 0 Å². The van der Waals surface area contributed by atoms with E-state index >= 15 is 0 Å². The van der Waals surface area contributed by atoms with Crippen molar-refractivity contribution in [1.29, 1.82) is 0 Å². The summed E-state index contributed by atoms with van der Waals surface area (Å²) in [5, 5.41) is 10.7. The summed E-state index contributed by atoms with van der Waals surface area (Å²) in [6.07, 6.45) is 2.41. The van der Waals surface area contributed by atoms with E-state index in [1.807, 2.05) is 13.0 Å². The molecule has 0 atom stereocenters. The van der Waals surface area contributed by atoms with Crippen molar-refractivity contribution in [3.8, 4) is 11.5 Å². The SMILES string of the molecule is CCc1c(C2(O)CC2)cc(Cl)c2c1OCO2. The standard InChI is InChI=1S/C12H13ClO3/c1-2-7-8(12(14)3-4-12)5-9(13)11-10(7)15-6-16-11/h5,14H,2-4,6H2,1H3. The average Bonchev–Trinajstić information content (AvgIpc) is 2.82. The number of fused-ring (bicyclic) bond motifs is 1. The van der Waals surface area contributed by atoms with Crippen LogP contribution in [0.3, 0.4) is 0 Å². The summed E-state index contributed by atoms with van der Waals surface area (Å²) in [5.74, 6) is 1.33. The molecule has 0 spiro atoms. The van der Waals surface area contributed by atoms with Crippen LogP contribution in [0, 0.1) is 0 Å². The van der Waals surface area contributed by atoms with E-state index in [-0.39, 0.29) is 6.79 Å². The van der Waals surface area contributed by atoms with Crippen LogP contribution < -0.4 is 9.47 Å². The highest BCUT2D eigenvalue weighted by Crippen LogP contribution is 2.53. The van der Waals surface area contributed by atoms with E-state index in [1.54, 1.807) is 0 Å². The Hall–Kier alpha value is -0.930. The average molecular weight is 241 g/mol. The zero-order valence-electron chi connectivity index (χ0n) is 9.05. The lowest BCUT2D eigenvalue weighted by Crippen LogP contribution is -2.09. The maximum absolute atomic E-state index is 10.2. The summed E-state index contributed by atoms with van der Waals surface area (Å²) >= 11 is 6.12. The molecule has 1 N–H and O–H groups in total. The van der Waals surface area contributed by atoms with Gasteiger partial charge in [-0.1, -0.05) is 18.5 Å². The minimum absolute atomic E-state index is 0.212. The van der Waals surface area contributed by atoms with Gasteiger partial charge in [0, 0.05) is 5.56 Å². The molecular weight excluding hydrogens is 228 g/mol. The molecule has 1 aliphatic heterocycles. The third kappa shape index (κ3) is 1.31. The summed E-state index contributed by atoms with van der Waals surface area (Å²) in [5.41, 5.74) is 1.25. The molecule has 1 saturated carbocycles.